The van der Waals surface area contributed by atoms with Crippen molar-refractivity contribution >= 4 is 34.3 Å². The molecule has 1 N–H and O–H groups in total. The highest BCUT2D eigenvalue weighted by atomic mass is 79.9. The van der Waals surface area contributed by atoms with Crippen molar-refractivity contribution < 1.29 is 14.2 Å². The molecule has 1 saturated carbocycles. The molecule has 0 unspecified atom stereocenters. The summed E-state index contributed by atoms with van der Waals surface area (Å²) in [5, 5.41) is 11.6. The van der Waals surface area contributed by atoms with E-state index in [1.807, 2.05) is 55.4 Å². The zero-order chi connectivity index (χ0) is 19.4. The molecule has 1 fully saturated rings. The van der Waals surface area contributed by atoms with E-state index < -0.39 is 13.2 Å². The van der Waals surface area contributed by atoms with Gasteiger partial charge in [0, 0.05) is 29.6 Å². The van der Waals surface area contributed by atoms with Crippen LogP contribution in [0.25, 0.3) is 0 Å². The van der Waals surface area contributed by atoms with Crippen LogP contribution in [-0.2, 0) is 9.09 Å². The van der Waals surface area contributed by atoms with Crippen molar-refractivity contribution in [3.8, 4) is 0 Å². The smallest absolute Gasteiger partial charge is 0.264 e. The predicted octanol–water partition coefficient (Wildman–Crippen LogP) is 5.46. The molecule has 0 heterocycles. The van der Waals surface area contributed by atoms with Crippen molar-refractivity contribution in [3.63, 3.8) is 0 Å². The van der Waals surface area contributed by atoms with Gasteiger partial charge in [-0.1, -0.05) is 47.3 Å². The molecule has 27 heavy (non-hydrogen) atoms. The second-order valence-corrected chi connectivity index (χ2v) is 10.6. The van der Waals surface area contributed by atoms with Crippen LogP contribution in [0.4, 0.5) is 5.69 Å². The van der Waals surface area contributed by atoms with Crippen LogP contribution in [-0.4, -0.2) is 25.3 Å². The monoisotopic (exact) mass is 451 g/mol. The molecule has 0 saturated heterocycles. The molecule has 0 radical (unpaired) electrons. The van der Waals surface area contributed by atoms with Crippen LogP contribution in [0, 0.1) is 0 Å². The molecule has 2 aromatic carbocycles. The van der Waals surface area contributed by atoms with Crippen molar-refractivity contribution in [2.75, 3.05) is 19.0 Å². The largest absolute Gasteiger partial charge is 0.378 e. The lowest BCUT2D eigenvalue weighted by atomic mass is 9.98. The third-order valence-corrected chi connectivity index (χ3v) is 8.17. The highest BCUT2D eigenvalue weighted by Crippen LogP contribution is 2.59. The number of aliphatic hydroxyl groups is 1. The van der Waals surface area contributed by atoms with E-state index in [1.165, 1.54) is 6.42 Å². The Bertz CT molecular complexity index is 786. The molecule has 6 heteroatoms. The molecule has 4 nitrogen and oxygen atoms in total. The van der Waals surface area contributed by atoms with Crippen molar-refractivity contribution in [3.05, 3.63) is 58.6 Å². The summed E-state index contributed by atoms with van der Waals surface area (Å²) < 4.78 is 21.2. The van der Waals surface area contributed by atoms with Gasteiger partial charge in [-0.2, -0.15) is 0 Å². The topological polar surface area (TPSA) is 49.8 Å². The van der Waals surface area contributed by atoms with Gasteiger partial charge in [-0.05, 0) is 54.8 Å². The fourth-order valence-corrected chi connectivity index (χ4v) is 6.01. The van der Waals surface area contributed by atoms with Gasteiger partial charge in [-0.15, -0.1) is 0 Å². The number of benzene rings is 2. The number of aliphatic hydroxyl groups excluding tert-OH is 1. The maximum absolute atomic E-state index is 14.1. The van der Waals surface area contributed by atoms with Gasteiger partial charge in [0.2, 0.25) is 0 Å². The first-order valence-corrected chi connectivity index (χ1v) is 11.9. The van der Waals surface area contributed by atoms with Gasteiger partial charge in [0.15, 0.2) is 5.85 Å². The van der Waals surface area contributed by atoms with E-state index in [1.54, 1.807) is 12.1 Å². The fourth-order valence-electron chi connectivity index (χ4n) is 3.44. The molecule has 0 aromatic heterocycles. The van der Waals surface area contributed by atoms with Crippen LogP contribution < -0.4 is 10.2 Å². The Morgan fingerprint density at radius 2 is 1.63 bits per heavy atom. The fraction of sp³-hybridized carbons (Fsp3) is 0.429. The van der Waals surface area contributed by atoms with Gasteiger partial charge >= 0.3 is 0 Å². The Morgan fingerprint density at radius 3 is 2.19 bits per heavy atom. The summed E-state index contributed by atoms with van der Waals surface area (Å²) in [6.45, 7) is 0. The van der Waals surface area contributed by atoms with Crippen LogP contribution >= 0.6 is 23.3 Å². The van der Waals surface area contributed by atoms with E-state index in [0.717, 1.165) is 35.8 Å². The summed E-state index contributed by atoms with van der Waals surface area (Å²) in [7, 11) is 0.428. The minimum atomic E-state index is -3.50. The second kappa shape index (κ2) is 8.91. The summed E-state index contributed by atoms with van der Waals surface area (Å²) in [6.07, 6.45) is 5.08. The van der Waals surface area contributed by atoms with Crippen LogP contribution in [0.5, 0.6) is 0 Å². The number of hydrogen-bond donors (Lipinski definition) is 1. The molecule has 2 aromatic rings. The van der Waals surface area contributed by atoms with E-state index in [2.05, 4.69) is 15.9 Å². The Kier molecular flexibility index (Phi) is 6.80. The van der Waals surface area contributed by atoms with E-state index in [4.69, 9.17) is 4.52 Å². The van der Waals surface area contributed by atoms with Crippen molar-refractivity contribution in [1.82, 2.24) is 0 Å². The number of rotatable bonds is 6. The summed E-state index contributed by atoms with van der Waals surface area (Å²) in [4.78, 5) is 1.99. The van der Waals surface area contributed by atoms with Gasteiger partial charge in [-0.3, -0.25) is 4.57 Å². The second-order valence-electron chi connectivity index (χ2n) is 7.30. The molecular formula is C21H27BrNO3P. The maximum atomic E-state index is 14.1. The lowest BCUT2D eigenvalue weighted by molar-refractivity contribution is 0.137. The number of halogens is 1. The summed E-state index contributed by atoms with van der Waals surface area (Å²) in [5.74, 6) is -1.18. The lowest BCUT2D eigenvalue weighted by Crippen LogP contribution is -2.22. The Hall–Kier alpha value is -1.13. The molecular weight excluding hydrogens is 425 g/mol. The van der Waals surface area contributed by atoms with Gasteiger partial charge < -0.3 is 14.5 Å². The number of nitrogens with zero attached hydrogens (tertiary/aromatic N) is 1. The van der Waals surface area contributed by atoms with Gasteiger partial charge in [0.25, 0.3) is 7.37 Å². The van der Waals surface area contributed by atoms with E-state index >= 15 is 0 Å². The molecule has 0 bridgehead atoms. The normalized spacial score (nSPS) is 18.7. The van der Waals surface area contributed by atoms with E-state index in [9.17, 15) is 9.67 Å². The number of hydrogen-bond acceptors (Lipinski definition) is 4. The maximum Gasteiger partial charge on any atom is 0.264 e. The first-order chi connectivity index (χ1) is 12.9. The van der Waals surface area contributed by atoms with Crippen molar-refractivity contribution in [2.45, 2.75) is 44.1 Å². The summed E-state index contributed by atoms with van der Waals surface area (Å²) >= 11 is 3.40. The summed E-state index contributed by atoms with van der Waals surface area (Å²) in [6, 6.07) is 14.7. The minimum Gasteiger partial charge on any atom is -0.378 e. The standard InChI is InChI=1S/C21H27BrNO3P/c1-23(2)18-12-14-20(15-13-18)27(25,26-19-6-4-3-5-7-19)21(24)16-8-10-17(22)11-9-16/h8-15,19,21,24H,3-7H2,1-2H3/t21-,27-/m1/s1. The zero-order valence-electron chi connectivity index (χ0n) is 15.8. The molecule has 0 spiro atoms. The molecule has 146 valence electrons. The SMILES string of the molecule is CN(C)c1ccc([P@@](=O)(OC2CCCCC2)[C@@H](O)c2ccc(Br)cc2)cc1. The van der Waals surface area contributed by atoms with E-state index in [-0.39, 0.29) is 6.10 Å². The lowest BCUT2D eigenvalue weighted by Gasteiger charge is -2.31. The van der Waals surface area contributed by atoms with Gasteiger partial charge in [0.05, 0.1) is 6.10 Å². The quantitative estimate of drug-likeness (QED) is 0.592. The summed E-state index contributed by atoms with van der Waals surface area (Å²) in [5.41, 5.74) is 1.62. The van der Waals surface area contributed by atoms with E-state index in [0.29, 0.717) is 10.9 Å². The van der Waals surface area contributed by atoms with Crippen LogP contribution in [0.1, 0.15) is 43.5 Å². The third kappa shape index (κ3) is 4.83. The highest BCUT2D eigenvalue weighted by Gasteiger charge is 2.39. The highest BCUT2D eigenvalue weighted by molar-refractivity contribution is 9.10. The average molecular weight is 452 g/mol. The van der Waals surface area contributed by atoms with Crippen LogP contribution in [0.15, 0.2) is 53.0 Å². The molecule has 0 amide bonds. The van der Waals surface area contributed by atoms with Gasteiger partial charge in [0.1, 0.15) is 0 Å². The van der Waals surface area contributed by atoms with Crippen LogP contribution in [0.3, 0.4) is 0 Å². The Labute approximate surface area is 170 Å². The Morgan fingerprint density at radius 1 is 1.04 bits per heavy atom. The molecule has 0 aliphatic heterocycles. The Balaban J connectivity index is 1.96. The minimum absolute atomic E-state index is 0.0665. The first-order valence-electron chi connectivity index (χ1n) is 9.40. The predicted molar refractivity (Wildman–Crippen MR) is 115 cm³/mol. The van der Waals surface area contributed by atoms with Gasteiger partial charge in [-0.25, -0.2) is 0 Å². The molecule has 1 aliphatic rings. The third-order valence-electron chi connectivity index (χ3n) is 5.07. The molecule has 1 aliphatic carbocycles. The first kappa shape index (κ1) is 20.6. The van der Waals surface area contributed by atoms with Crippen LogP contribution in [0.2, 0.25) is 0 Å². The molecule has 2 atom stereocenters. The zero-order valence-corrected chi connectivity index (χ0v) is 18.3. The molecule has 3 rings (SSSR count). The number of anilines is 1. The van der Waals surface area contributed by atoms with Crippen molar-refractivity contribution in [2.24, 2.45) is 0 Å². The average Bonchev–Trinajstić information content (AvgIpc) is 2.69. The van der Waals surface area contributed by atoms with Crippen molar-refractivity contribution in [1.29, 1.82) is 0 Å².